The molecule has 4 N–H and O–H groups in total. The van der Waals surface area contributed by atoms with Crippen molar-refractivity contribution < 1.29 is 5.11 Å². The Morgan fingerprint density at radius 2 is 2.27 bits per heavy atom. The van der Waals surface area contributed by atoms with Crippen molar-refractivity contribution in [3.8, 4) is 0 Å². The van der Waals surface area contributed by atoms with Crippen LogP contribution >= 0.6 is 11.6 Å². The number of nitrogen functional groups attached to an aromatic ring is 1. The highest BCUT2D eigenvalue weighted by Gasteiger charge is 2.12. The molecule has 1 rings (SSSR count). The SMILES string of the molecule is CC(C)NCC(O)c1cc(Cl)cnc1N. The summed E-state index contributed by atoms with van der Waals surface area (Å²) in [6, 6.07) is 1.95. The fraction of sp³-hybridized carbons (Fsp3) is 0.500. The summed E-state index contributed by atoms with van der Waals surface area (Å²) in [7, 11) is 0. The number of aromatic nitrogens is 1. The average Bonchev–Trinajstić information content (AvgIpc) is 2.18. The minimum Gasteiger partial charge on any atom is -0.387 e. The summed E-state index contributed by atoms with van der Waals surface area (Å²) >= 11 is 5.77. The standard InChI is InChI=1S/C10H16ClN3O/c1-6(2)13-5-9(15)8-3-7(11)4-14-10(8)12/h3-4,6,9,13,15H,5H2,1-2H3,(H2,12,14). The number of anilines is 1. The molecule has 0 aliphatic carbocycles. The number of pyridine rings is 1. The van der Waals surface area contributed by atoms with E-state index in [1.807, 2.05) is 13.8 Å². The van der Waals surface area contributed by atoms with Crippen molar-refractivity contribution in [1.29, 1.82) is 0 Å². The van der Waals surface area contributed by atoms with Crippen LogP contribution in [0.5, 0.6) is 0 Å². The molecule has 0 amide bonds. The van der Waals surface area contributed by atoms with E-state index in [9.17, 15) is 5.11 Å². The minimum absolute atomic E-state index is 0.313. The number of hydrogen-bond acceptors (Lipinski definition) is 4. The molecule has 0 bridgehead atoms. The normalized spacial score (nSPS) is 13.1. The molecule has 0 spiro atoms. The van der Waals surface area contributed by atoms with Gasteiger partial charge in [-0.25, -0.2) is 4.98 Å². The Bertz CT molecular complexity index is 330. The van der Waals surface area contributed by atoms with Crippen LogP contribution in [0.1, 0.15) is 25.5 Å². The molecule has 0 aromatic carbocycles. The van der Waals surface area contributed by atoms with Crippen molar-refractivity contribution in [3.05, 3.63) is 22.8 Å². The summed E-state index contributed by atoms with van der Waals surface area (Å²) in [6.07, 6.45) is 0.779. The van der Waals surface area contributed by atoms with Gasteiger partial charge in [0.1, 0.15) is 5.82 Å². The number of nitrogens with zero attached hydrogens (tertiary/aromatic N) is 1. The highest BCUT2D eigenvalue weighted by Crippen LogP contribution is 2.21. The Hall–Kier alpha value is -0.840. The van der Waals surface area contributed by atoms with Crippen molar-refractivity contribution in [1.82, 2.24) is 10.3 Å². The van der Waals surface area contributed by atoms with Gasteiger partial charge in [0.25, 0.3) is 0 Å². The summed E-state index contributed by atoms with van der Waals surface area (Å²) < 4.78 is 0. The van der Waals surface area contributed by atoms with E-state index in [1.165, 1.54) is 6.20 Å². The third kappa shape index (κ3) is 3.66. The highest BCUT2D eigenvalue weighted by atomic mass is 35.5. The Labute approximate surface area is 94.5 Å². The lowest BCUT2D eigenvalue weighted by Crippen LogP contribution is -2.28. The molecule has 0 radical (unpaired) electrons. The maximum Gasteiger partial charge on any atom is 0.129 e. The topological polar surface area (TPSA) is 71.2 Å². The Morgan fingerprint density at radius 1 is 1.60 bits per heavy atom. The van der Waals surface area contributed by atoms with Crippen molar-refractivity contribution in [2.75, 3.05) is 12.3 Å². The minimum atomic E-state index is -0.682. The lowest BCUT2D eigenvalue weighted by molar-refractivity contribution is 0.172. The number of nitrogens with one attached hydrogen (secondary N) is 1. The van der Waals surface area contributed by atoms with Gasteiger partial charge in [-0.05, 0) is 6.07 Å². The summed E-state index contributed by atoms with van der Waals surface area (Å²) in [6.45, 7) is 4.45. The molecule has 1 atom stereocenters. The van der Waals surface area contributed by atoms with Gasteiger partial charge in [-0.3, -0.25) is 0 Å². The zero-order chi connectivity index (χ0) is 11.4. The largest absolute Gasteiger partial charge is 0.387 e. The molecule has 1 unspecified atom stereocenters. The van der Waals surface area contributed by atoms with Crippen molar-refractivity contribution in [3.63, 3.8) is 0 Å². The number of rotatable bonds is 4. The van der Waals surface area contributed by atoms with Crippen molar-refractivity contribution in [2.45, 2.75) is 26.0 Å². The zero-order valence-corrected chi connectivity index (χ0v) is 9.62. The molecule has 84 valence electrons. The lowest BCUT2D eigenvalue weighted by Gasteiger charge is -2.15. The fourth-order valence-electron chi connectivity index (χ4n) is 1.19. The van der Waals surface area contributed by atoms with Gasteiger partial charge in [0.2, 0.25) is 0 Å². The van der Waals surface area contributed by atoms with E-state index in [0.29, 0.717) is 29.0 Å². The third-order valence-corrected chi connectivity index (χ3v) is 2.20. The number of aliphatic hydroxyl groups is 1. The summed E-state index contributed by atoms with van der Waals surface area (Å²) in [5, 5.41) is 13.4. The Balaban J connectivity index is 2.72. The van der Waals surface area contributed by atoms with Crippen LogP contribution in [0.3, 0.4) is 0 Å². The van der Waals surface area contributed by atoms with Crippen LogP contribution < -0.4 is 11.1 Å². The predicted octanol–water partition coefficient (Wildman–Crippen LogP) is 1.35. The van der Waals surface area contributed by atoms with E-state index in [0.717, 1.165) is 0 Å². The molecule has 5 heteroatoms. The molecule has 15 heavy (non-hydrogen) atoms. The zero-order valence-electron chi connectivity index (χ0n) is 8.87. The van der Waals surface area contributed by atoms with Gasteiger partial charge in [-0.1, -0.05) is 25.4 Å². The number of halogens is 1. The van der Waals surface area contributed by atoms with Gasteiger partial charge >= 0.3 is 0 Å². The molecule has 4 nitrogen and oxygen atoms in total. The number of hydrogen-bond donors (Lipinski definition) is 3. The molecular formula is C10H16ClN3O. The third-order valence-electron chi connectivity index (χ3n) is 1.99. The highest BCUT2D eigenvalue weighted by molar-refractivity contribution is 6.30. The maximum absolute atomic E-state index is 9.83. The molecule has 1 aromatic rings. The fourth-order valence-corrected chi connectivity index (χ4v) is 1.36. The second-order valence-electron chi connectivity index (χ2n) is 3.71. The van der Waals surface area contributed by atoms with Crippen LogP contribution in [0.4, 0.5) is 5.82 Å². The predicted molar refractivity (Wildman–Crippen MR) is 61.8 cm³/mol. The first-order valence-electron chi connectivity index (χ1n) is 4.83. The molecular weight excluding hydrogens is 214 g/mol. The molecule has 1 aromatic heterocycles. The van der Waals surface area contributed by atoms with Crippen LogP contribution in [0.2, 0.25) is 5.02 Å². The first-order chi connectivity index (χ1) is 7.00. The molecule has 0 fully saturated rings. The molecule has 0 aliphatic rings. The molecule has 1 heterocycles. The van der Waals surface area contributed by atoms with Crippen molar-refractivity contribution >= 4 is 17.4 Å². The van der Waals surface area contributed by atoms with E-state index in [-0.39, 0.29) is 0 Å². The number of nitrogens with two attached hydrogens (primary N) is 1. The van der Waals surface area contributed by atoms with E-state index in [4.69, 9.17) is 17.3 Å². The summed E-state index contributed by atoms with van der Waals surface area (Å²) in [4.78, 5) is 3.88. The molecule has 0 aliphatic heterocycles. The van der Waals surface area contributed by atoms with Crippen LogP contribution in [-0.2, 0) is 0 Å². The first kappa shape index (κ1) is 12.2. The monoisotopic (exact) mass is 229 g/mol. The van der Waals surface area contributed by atoms with Gasteiger partial charge in [0, 0.05) is 24.3 Å². The average molecular weight is 230 g/mol. The molecule has 0 saturated carbocycles. The van der Waals surface area contributed by atoms with Crippen molar-refractivity contribution in [2.24, 2.45) is 0 Å². The number of aliphatic hydroxyl groups excluding tert-OH is 1. The van der Waals surface area contributed by atoms with Gasteiger partial charge in [0.15, 0.2) is 0 Å². The smallest absolute Gasteiger partial charge is 0.129 e. The van der Waals surface area contributed by atoms with Gasteiger partial charge in [-0.15, -0.1) is 0 Å². The quantitative estimate of drug-likeness (QED) is 0.729. The second-order valence-corrected chi connectivity index (χ2v) is 4.14. The van der Waals surface area contributed by atoms with E-state index < -0.39 is 6.10 Å². The van der Waals surface area contributed by atoms with E-state index >= 15 is 0 Å². The van der Waals surface area contributed by atoms with Gasteiger partial charge < -0.3 is 16.2 Å². The van der Waals surface area contributed by atoms with Crippen LogP contribution in [0.25, 0.3) is 0 Å². The first-order valence-corrected chi connectivity index (χ1v) is 5.21. The van der Waals surface area contributed by atoms with Crippen LogP contribution in [0, 0.1) is 0 Å². The second kappa shape index (κ2) is 5.30. The Kier molecular flexibility index (Phi) is 4.32. The van der Waals surface area contributed by atoms with E-state index in [2.05, 4.69) is 10.3 Å². The maximum atomic E-state index is 9.83. The van der Waals surface area contributed by atoms with Crippen LogP contribution in [0.15, 0.2) is 12.3 Å². The van der Waals surface area contributed by atoms with Crippen LogP contribution in [-0.4, -0.2) is 22.7 Å². The van der Waals surface area contributed by atoms with Gasteiger partial charge in [-0.2, -0.15) is 0 Å². The lowest BCUT2D eigenvalue weighted by atomic mass is 10.1. The Morgan fingerprint density at radius 3 is 2.87 bits per heavy atom. The summed E-state index contributed by atoms with van der Waals surface area (Å²) in [5.41, 5.74) is 6.20. The molecule has 0 saturated heterocycles. The van der Waals surface area contributed by atoms with Gasteiger partial charge in [0.05, 0.1) is 11.1 Å². The van der Waals surface area contributed by atoms with E-state index in [1.54, 1.807) is 6.07 Å². The summed E-state index contributed by atoms with van der Waals surface area (Å²) in [5.74, 6) is 0.317.